The fraction of sp³-hybridized carbons (Fsp3) is 0.214. The number of hydrogen-bond donors (Lipinski definition) is 0. The highest BCUT2D eigenvalue weighted by Gasteiger charge is 2.14. The van der Waals surface area contributed by atoms with Crippen molar-refractivity contribution in [3.05, 3.63) is 51.3 Å². The third-order valence-corrected chi connectivity index (χ3v) is 3.91. The monoisotopic (exact) mass is 320 g/mol. The van der Waals surface area contributed by atoms with E-state index in [1.807, 2.05) is 25.1 Å². The van der Waals surface area contributed by atoms with E-state index in [0.29, 0.717) is 17.7 Å². The van der Waals surface area contributed by atoms with Gasteiger partial charge in [-0.15, -0.1) is 0 Å². The maximum absolute atomic E-state index is 12.2. The van der Waals surface area contributed by atoms with Crippen molar-refractivity contribution in [1.29, 1.82) is 0 Å². The van der Waals surface area contributed by atoms with Crippen LogP contribution in [0.4, 0.5) is 0 Å². The van der Waals surface area contributed by atoms with E-state index in [-0.39, 0.29) is 12.2 Å². The van der Waals surface area contributed by atoms with Gasteiger partial charge in [0, 0.05) is 17.9 Å². The number of halogens is 1. The fourth-order valence-corrected chi connectivity index (χ4v) is 2.24. The second-order valence-corrected chi connectivity index (χ2v) is 5.17. The fourth-order valence-electron chi connectivity index (χ4n) is 1.84. The van der Waals surface area contributed by atoms with Gasteiger partial charge in [-0.05, 0) is 30.2 Å². The third-order valence-electron chi connectivity index (χ3n) is 3.05. The van der Waals surface area contributed by atoms with Crippen LogP contribution in [0.25, 0.3) is 0 Å². The van der Waals surface area contributed by atoms with E-state index >= 15 is 0 Å². The summed E-state index contributed by atoms with van der Waals surface area (Å²) < 4.78 is 2.39. The maximum atomic E-state index is 12.2. The number of benzene rings is 1. The largest absolute Gasteiger partial charge is 0.296 e. The molecule has 1 aromatic heterocycles. The van der Waals surface area contributed by atoms with E-state index in [9.17, 15) is 9.59 Å². The van der Waals surface area contributed by atoms with Gasteiger partial charge in [0.25, 0.3) is 0 Å². The van der Waals surface area contributed by atoms with E-state index in [0.717, 1.165) is 15.6 Å². The number of nitrogens with zero attached hydrogens (tertiary/aromatic N) is 2. The SMILES string of the molecule is Cc1c(Br)cccc1CC(=O)c1cc(C=O)n(C)n1. The summed E-state index contributed by atoms with van der Waals surface area (Å²) in [7, 11) is 1.64. The molecule has 0 radical (unpaired) electrons. The van der Waals surface area contributed by atoms with Crippen LogP contribution in [-0.2, 0) is 13.5 Å². The molecule has 1 heterocycles. The van der Waals surface area contributed by atoms with Crippen molar-refractivity contribution in [2.24, 2.45) is 7.05 Å². The summed E-state index contributed by atoms with van der Waals surface area (Å²) in [5.74, 6) is -0.0927. The van der Waals surface area contributed by atoms with Gasteiger partial charge in [-0.2, -0.15) is 5.10 Å². The molecule has 2 aromatic rings. The van der Waals surface area contributed by atoms with E-state index in [1.54, 1.807) is 7.05 Å². The van der Waals surface area contributed by atoms with Crippen LogP contribution < -0.4 is 0 Å². The van der Waals surface area contributed by atoms with Gasteiger partial charge in [0.15, 0.2) is 12.1 Å². The average Bonchev–Trinajstić information content (AvgIpc) is 2.76. The molecule has 5 heteroatoms. The zero-order valence-electron chi connectivity index (χ0n) is 10.7. The first-order valence-electron chi connectivity index (χ1n) is 5.79. The lowest BCUT2D eigenvalue weighted by molar-refractivity contribution is 0.0987. The lowest BCUT2D eigenvalue weighted by Crippen LogP contribution is -2.06. The summed E-state index contributed by atoms with van der Waals surface area (Å²) in [5, 5.41) is 4.05. The Morgan fingerprint density at radius 2 is 2.21 bits per heavy atom. The van der Waals surface area contributed by atoms with E-state index in [1.165, 1.54) is 10.7 Å². The molecule has 4 nitrogen and oxygen atoms in total. The number of aryl methyl sites for hydroxylation is 1. The van der Waals surface area contributed by atoms with Crippen LogP contribution in [0.2, 0.25) is 0 Å². The van der Waals surface area contributed by atoms with Crippen LogP contribution in [0, 0.1) is 6.92 Å². The molecule has 1 aromatic carbocycles. The molecular formula is C14H13BrN2O2. The Morgan fingerprint density at radius 1 is 1.47 bits per heavy atom. The smallest absolute Gasteiger partial charge is 0.187 e. The number of ketones is 1. The van der Waals surface area contributed by atoms with Crippen molar-refractivity contribution in [3.8, 4) is 0 Å². The topological polar surface area (TPSA) is 52.0 Å². The highest BCUT2D eigenvalue weighted by Crippen LogP contribution is 2.20. The van der Waals surface area contributed by atoms with Gasteiger partial charge >= 0.3 is 0 Å². The number of aromatic nitrogens is 2. The summed E-state index contributed by atoms with van der Waals surface area (Å²) >= 11 is 3.44. The van der Waals surface area contributed by atoms with Crippen molar-refractivity contribution < 1.29 is 9.59 Å². The van der Waals surface area contributed by atoms with Crippen LogP contribution >= 0.6 is 15.9 Å². The molecule has 0 N–H and O–H groups in total. The molecule has 0 aliphatic heterocycles. The van der Waals surface area contributed by atoms with Crippen molar-refractivity contribution in [2.45, 2.75) is 13.3 Å². The number of carbonyl (C=O) groups excluding carboxylic acids is 2. The molecule has 0 atom stereocenters. The molecule has 0 aliphatic rings. The van der Waals surface area contributed by atoms with Gasteiger partial charge in [0.05, 0.1) is 0 Å². The molecule has 19 heavy (non-hydrogen) atoms. The Labute approximate surface area is 119 Å². The molecule has 0 spiro atoms. The summed E-state index contributed by atoms with van der Waals surface area (Å²) in [5.41, 5.74) is 2.72. The van der Waals surface area contributed by atoms with Gasteiger partial charge in [-0.1, -0.05) is 28.1 Å². The van der Waals surface area contributed by atoms with Crippen molar-refractivity contribution in [1.82, 2.24) is 9.78 Å². The van der Waals surface area contributed by atoms with Crippen LogP contribution in [0.15, 0.2) is 28.7 Å². The van der Waals surface area contributed by atoms with Crippen molar-refractivity contribution >= 4 is 28.0 Å². The Hall–Kier alpha value is -1.75. The third kappa shape index (κ3) is 2.81. The Balaban J connectivity index is 2.25. The summed E-state index contributed by atoms with van der Waals surface area (Å²) in [6.07, 6.45) is 0.967. The lowest BCUT2D eigenvalue weighted by atomic mass is 10.0. The molecule has 2 rings (SSSR count). The molecule has 0 saturated heterocycles. The van der Waals surface area contributed by atoms with E-state index < -0.39 is 0 Å². The second kappa shape index (κ2) is 5.48. The first-order valence-corrected chi connectivity index (χ1v) is 6.58. The zero-order valence-corrected chi connectivity index (χ0v) is 12.3. The number of aldehydes is 1. The lowest BCUT2D eigenvalue weighted by Gasteiger charge is -2.05. The van der Waals surface area contributed by atoms with E-state index in [4.69, 9.17) is 0 Å². The first kappa shape index (κ1) is 13.7. The molecular weight excluding hydrogens is 308 g/mol. The predicted octanol–water partition coefficient (Wildman–Crippen LogP) is 2.73. The predicted molar refractivity (Wildman–Crippen MR) is 75.5 cm³/mol. The van der Waals surface area contributed by atoms with Gasteiger partial charge in [0.2, 0.25) is 0 Å². The molecule has 0 unspecified atom stereocenters. The maximum Gasteiger partial charge on any atom is 0.187 e. The Morgan fingerprint density at radius 3 is 2.84 bits per heavy atom. The van der Waals surface area contributed by atoms with E-state index in [2.05, 4.69) is 21.0 Å². The summed E-state index contributed by atoms with van der Waals surface area (Å²) in [4.78, 5) is 22.9. The number of carbonyl (C=O) groups is 2. The Bertz CT molecular complexity index is 647. The zero-order chi connectivity index (χ0) is 14.0. The van der Waals surface area contributed by atoms with Gasteiger partial charge < -0.3 is 0 Å². The second-order valence-electron chi connectivity index (χ2n) is 4.32. The quantitative estimate of drug-likeness (QED) is 0.643. The van der Waals surface area contributed by atoms with Crippen molar-refractivity contribution in [3.63, 3.8) is 0 Å². The Kier molecular flexibility index (Phi) is 3.95. The van der Waals surface area contributed by atoms with Gasteiger partial charge in [-0.25, -0.2) is 0 Å². The highest BCUT2D eigenvalue weighted by atomic mass is 79.9. The minimum absolute atomic E-state index is 0.0927. The first-order chi connectivity index (χ1) is 9.02. The van der Waals surface area contributed by atoms with Gasteiger partial charge in [-0.3, -0.25) is 14.3 Å². The van der Waals surface area contributed by atoms with Crippen molar-refractivity contribution in [2.75, 3.05) is 0 Å². The minimum atomic E-state index is -0.0927. The number of hydrogen-bond acceptors (Lipinski definition) is 3. The summed E-state index contributed by atoms with van der Waals surface area (Å²) in [6, 6.07) is 7.27. The molecule has 0 saturated carbocycles. The normalized spacial score (nSPS) is 10.5. The molecule has 0 bridgehead atoms. The molecule has 0 aliphatic carbocycles. The highest BCUT2D eigenvalue weighted by molar-refractivity contribution is 9.10. The van der Waals surface area contributed by atoms with Crippen LogP contribution in [0.1, 0.15) is 32.1 Å². The van der Waals surface area contributed by atoms with Gasteiger partial charge in [0.1, 0.15) is 11.4 Å². The number of Topliss-reactive ketones (excluding diaryl/α,β-unsaturated/α-hetero) is 1. The molecule has 0 amide bonds. The molecule has 0 fully saturated rings. The van der Waals surface area contributed by atoms with Crippen LogP contribution in [0.3, 0.4) is 0 Å². The minimum Gasteiger partial charge on any atom is -0.296 e. The summed E-state index contributed by atoms with van der Waals surface area (Å²) in [6.45, 7) is 1.96. The number of rotatable bonds is 4. The standard InChI is InChI=1S/C14H13BrN2O2/c1-9-10(4-3-5-12(9)15)6-14(19)13-7-11(8-18)17(2)16-13/h3-5,7-8H,6H2,1-2H3. The average molecular weight is 321 g/mol. The van der Waals surface area contributed by atoms with Crippen LogP contribution in [-0.4, -0.2) is 21.8 Å². The molecule has 98 valence electrons. The van der Waals surface area contributed by atoms with Crippen LogP contribution in [0.5, 0.6) is 0 Å².